The first-order valence-corrected chi connectivity index (χ1v) is 8.27. The Morgan fingerprint density at radius 3 is 2.41 bits per heavy atom. The lowest BCUT2D eigenvalue weighted by Gasteiger charge is -2.39. The highest BCUT2D eigenvalue weighted by Crippen LogP contribution is 2.36. The molecule has 8 nitrogen and oxygen atoms in total. The fourth-order valence-electron chi connectivity index (χ4n) is 3.02. The van der Waals surface area contributed by atoms with E-state index in [1.165, 1.54) is 0 Å². The number of likely N-dealkylation sites (tertiary alicyclic amines) is 1. The minimum absolute atomic E-state index is 0.300. The van der Waals surface area contributed by atoms with E-state index >= 15 is 0 Å². The number of carbonyl (C=O) groups excluding carboxylic acids is 2. The number of amides is 2. The van der Waals surface area contributed by atoms with Crippen molar-refractivity contribution in [2.24, 2.45) is 5.73 Å². The van der Waals surface area contributed by atoms with E-state index in [9.17, 15) is 35.9 Å². The smallest absolute Gasteiger partial charge is 0.282 e. The van der Waals surface area contributed by atoms with Crippen LogP contribution in [0, 0.1) is 0 Å². The fraction of sp³-hybridized carbons (Fsp3) is 0.600. The number of nitrogens with two attached hydrogens (primary N) is 1. The zero-order valence-corrected chi connectivity index (χ0v) is 14.6. The van der Waals surface area contributed by atoms with Gasteiger partial charge in [-0.1, -0.05) is 0 Å². The molecule has 2 amide bonds. The molecule has 2 aliphatic heterocycles. The van der Waals surface area contributed by atoms with Crippen LogP contribution in [0.3, 0.4) is 0 Å². The molecule has 2 fully saturated rings. The molecule has 1 atom stereocenters. The van der Waals surface area contributed by atoms with Crippen molar-refractivity contribution >= 4 is 17.6 Å². The quantitative estimate of drug-likeness (QED) is 0.678. The maximum atomic E-state index is 13.6. The largest absolute Gasteiger partial charge is 0.469 e. The van der Waals surface area contributed by atoms with Crippen LogP contribution >= 0.6 is 0 Å². The Balaban J connectivity index is 1.88. The van der Waals surface area contributed by atoms with Gasteiger partial charge in [-0.05, 0) is 0 Å². The summed E-state index contributed by atoms with van der Waals surface area (Å²) >= 11 is 0. The summed E-state index contributed by atoms with van der Waals surface area (Å²) in [5, 5.41) is 0. The summed E-state index contributed by atoms with van der Waals surface area (Å²) in [5.41, 5.74) is 4.47. The first-order chi connectivity index (χ1) is 13.4. The average molecular weight is 427 g/mol. The van der Waals surface area contributed by atoms with E-state index in [2.05, 4.69) is 9.97 Å². The van der Waals surface area contributed by atoms with Crippen LogP contribution in [-0.2, 0) is 4.79 Å². The molecule has 1 unspecified atom stereocenters. The number of hydrogen-bond acceptors (Lipinski definition) is 6. The van der Waals surface area contributed by atoms with E-state index in [4.69, 9.17) is 10.5 Å². The second kappa shape index (κ2) is 7.22. The predicted octanol–water partition coefficient (Wildman–Crippen LogP) is 0.911. The SMILES string of the molecule is NC(=O)C1CC(F)(F)CN1C(=O)c1cnc(N2CC(F)(F)C2)c(OCC(F)F)n1. The Hall–Kier alpha value is -2.80. The van der Waals surface area contributed by atoms with E-state index in [1.54, 1.807) is 0 Å². The Morgan fingerprint density at radius 2 is 1.86 bits per heavy atom. The molecule has 0 aliphatic carbocycles. The van der Waals surface area contributed by atoms with Gasteiger partial charge >= 0.3 is 0 Å². The molecule has 0 bridgehead atoms. The van der Waals surface area contributed by atoms with E-state index in [1.807, 2.05) is 0 Å². The van der Waals surface area contributed by atoms with Crippen molar-refractivity contribution in [2.45, 2.75) is 30.7 Å². The molecule has 160 valence electrons. The molecule has 1 aromatic heterocycles. The van der Waals surface area contributed by atoms with Gasteiger partial charge in [0.2, 0.25) is 5.91 Å². The van der Waals surface area contributed by atoms with Gasteiger partial charge < -0.3 is 20.3 Å². The van der Waals surface area contributed by atoms with Gasteiger partial charge in [-0.15, -0.1) is 0 Å². The topological polar surface area (TPSA) is 102 Å². The third-order valence-corrected chi connectivity index (χ3v) is 4.29. The second-order valence-corrected chi connectivity index (χ2v) is 6.71. The third-order valence-electron chi connectivity index (χ3n) is 4.29. The Labute approximate surface area is 159 Å². The van der Waals surface area contributed by atoms with Crippen LogP contribution in [-0.4, -0.2) is 77.2 Å². The van der Waals surface area contributed by atoms with E-state index in [0.29, 0.717) is 4.90 Å². The van der Waals surface area contributed by atoms with Crippen LogP contribution in [0.15, 0.2) is 6.20 Å². The maximum Gasteiger partial charge on any atom is 0.282 e. The Bertz CT molecular complexity index is 816. The van der Waals surface area contributed by atoms with Crippen LogP contribution in [0.25, 0.3) is 0 Å². The molecular weight excluding hydrogens is 412 g/mol. The number of primary amides is 1. The molecule has 2 aliphatic rings. The molecule has 3 rings (SSSR count). The first-order valence-electron chi connectivity index (χ1n) is 8.27. The van der Waals surface area contributed by atoms with Gasteiger partial charge in [0.25, 0.3) is 30.1 Å². The number of aromatic nitrogens is 2. The summed E-state index contributed by atoms with van der Waals surface area (Å²) in [6.07, 6.45) is -3.10. The van der Waals surface area contributed by atoms with Crippen LogP contribution in [0.2, 0.25) is 0 Å². The molecule has 0 saturated carbocycles. The summed E-state index contributed by atoms with van der Waals surface area (Å²) in [5.74, 6) is -9.61. The molecule has 0 aromatic carbocycles. The summed E-state index contributed by atoms with van der Waals surface area (Å²) < 4.78 is 83.2. The van der Waals surface area contributed by atoms with Gasteiger partial charge in [0.15, 0.2) is 18.1 Å². The highest BCUT2D eigenvalue weighted by Gasteiger charge is 2.50. The number of nitrogens with zero attached hydrogens (tertiary/aromatic N) is 4. The molecule has 3 heterocycles. The lowest BCUT2D eigenvalue weighted by molar-refractivity contribution is -0.121. The van der Waals surface area contributed by atoms with Crippen molar-refractivity contribution in [3.05, 3.63) is 11.9 Å². The van der Waals surface area contributed by atoms with Gasteiger partial charge in [0, 0.05) is 6.42 Å². The number of hydrogen-bond donors (Lipinski definition) is 1. The first kappa shape index (κ1) is 20.9. The summed E-state index contributed by atoms with van der Waals surface area (Å²) in [6.45, 7) is -3.78. The standard InChI is InChI=1S/C15H15F6N5O3/c16-9(17)3-29-12-11(25-4-15(20,21)5-25)23-2-7(24-12)13(28)26-6-14(18,19)1-8(26)10(22)27/h2,8-9H,1,3-6H2,(H2,22,27). The molecule has 2 N–H and O–H groups in total. The molecule has 0 radical (unpaired) electrons. The highest BCUT2D eigenvalue weighted by atomic mass is 19.3. The van der Waals surface area contributed by atoms with Crippen LogP contribution in [0.4, 0.5) is 32.2 Å². The van der Waals surface area contributed by atoms with Gasteiger partial charge in [-0.25, -0.2) is 36.3 Å². The van der Waals surface area contributed by atoms with Crippen molar-refractivity contribution in [2.75, 3.05) is 31.1 Å². The number of rotatable bonds is 6. The van der Waals surface area contributed by atoms with Crippen molar-refractivity contribution in [3.8, 4) is 5.88 Å². The van der Waals surface area contributed by atoms with Gasteiger partial charge in [0.05, 0.1) is 25.8 Å². The van der Waals surface area contributed by atoms with Crippen LogP contribution in [0.5, 0.6) is 5.88 Å². The number of anilines is 1. The molecule has 1 aromatic rings. The third kappa shape index (κ3) is 4.45. The Morgan fingerprint density at radius 1 is 1.21 bits per heavy atom. The lowest BCUT2D eigenvalue weighted by atomic mass is 10.1. The summed E-state index contributed by atoms with van der Waals surface area (Å²) in [6, 6.07) is -1.60. The van der Waals surface area contributed by atoms with Gasteiger partial charge in [-0.2, -0.15) is 0 Å². The van der Waals surface area contributed by atoms with E-state index in [-0.39, 0.29) is 5.82 Å². The Kier molecular flexibility index (Phi) is 5.21. The fourth-order valence-corrected chi connectivity index (χ4v) is 3.02. The van der Waals surface area contributed by atoms with Crippen LogP contribution < -0.4 is 15.4 Å². The number of carbonyl (C=O) groups is 2. The molecule has 14 heteroatoms. The molecule has 2 saturated heterocycles. The average Bonchev–Trinajstić information content (AvgIpc) is 2.93. The summed E-state index contributed by atoms with van der Waals surface area (Å²) in [4.78, 5) is 32.9. The minimum atomic E-state index is -3.36. The second-order valence-electron chi connectivity index (χ2n) is 6.71. The number of alkyl halides is 6. The van der Waals surface area contributed by atoms with Crippen molar-refractivity contribution < 1.29 is 40.7 Å². The molecule has 29 heavy (non-hydrogen) atoms. The molecule has 0 spiro atoms. The number of ether oxygens (including phenoxy) is 1. The van der Waals surface area contributed by atoms with E-state index < -0.39 is 80.4 Å². The minimum Gasteiger partial charge on any atom is -0.469 e. The zero-order valence-electron chi connectivity index (χ0n) is 14.6. The maximum absolute atomic E-state index is 13.6. The highest BCUT2D eigenvalue weighted by molar-refractivity contribution is 5.96. The van der Waals surface area contributed by atoms with Crippen molar-refractivity contribution in [1.82, 2.24) is 14.9 Å². The van der Waals surface area contributed by atoms with E-state index in [0.717, 1.165) is 11.1 Å². The molecular formula is C15H15F6N5O3. The van der Waals surface area contributed by atoms with Crippen LogP contribution in [0.1, 0.15) is 16.9 Å². The monoisotopic (exact) mass is 427 g/mol. The van der Waals surface area contributed by atoms with Gasteiger partial charge in [-0.3, -0.25) is 9.59 Å². The van der Waals surface area contributed by atoms with Gasteiger partial charge in [0.1, 0.15) is 6.04 Å². The van der Waals surface area contributed by atoms with Crippen molar-refractivity contribution in [3.63, 3.8) is 0 Å². The zero-order chi connectivity index (χ0) is 21.6. The van der Waals surface area contributed by atoms with Crippen molar-refractivity contribution in [1.29, 1.82) is 0 Å². The number of halogens is 6. The summed E-state index contributed by atoms with van der Waals surface area (Å²) in [7, 11) is 0. The normalized spacial score (nSPS) is 22.5. The lowest BCUT2D eigenvalue weighted by Crippen LogP contribution is -2.56. The predicted molar refractivity (Wildman–Crippen MR) is 84.3 cm³/mol.